The molecule has 0 saturated heterocycles. The molecule has 0 spiro atoms. The first kappa shape index (κ1) is 16.6. The molecule has 2 heterocycles. The SMILES string of the molecule is Cn1cc(Nc2ncc(Cl)c(Nc3cc([N+](=O)[O-])ccc3F)n2)cn1. The van der Waals surface area contributed by atoms with Crippen molar-refractivity contribution in [3.05, 3.63) is 57.7 Å². The molecule has 0 bridgehead atoms. The quantitative estimate of drug-likeness (QED) is 0.527. The fourth-order valence-electron chi connectivity index (χ4n) is 1.98. The highest BCUT2D eigenvalue weighted by Gasteiger charge is 2.14. The van der Waals surface area contributed by atoms with E-state index >= 15 is 0 Å². The van der Waals surface area contributed by atoms with Gasteiger partial charge in [-0.15, -0.1) is 0 Å². The van der Waals surface area contributed by atoms with Crippen LogP contribution >= 0.6 is 11.6 Å². The van der Waals surface area contributed by atoms with E-state index in [-0.39, 0.29) is 28.2 Å². The van der Waals surface area contributed by atoms with E-state index in [1.807, 2.05) is 0 Å². The van der Waals surface area contributed by atoms with Gasteiger partial charge >= 0.3 is 0 Å². The second-order valence-electron chi connectivity index (χ2n) is 4.96. The van der Waals surface area contributed by atoms with Crippen LogP contribution in [0.25, 0.3) is 0 Å². The van der Waals surface area contributed by atoms with Crippen LogP contribution in [-0.2, 0) is 7.05 Å². The topological polar surface area (TPSA) is 111 Å². The molecule has 25 heavy (non-hydrogen) atoms. The molecule has 0 fully saturated rings. The fourth-order valence-corrected chi connectivity index (χ4v) is 2.12. The Morgan fingerprint density at radius 3 is 2.80 bits per heavy atom. The average molecular weight is 364 g/mol. The van der Waals surface area contributed by atoms with Crippen LogP contribution in [0.4, 0.5) is 33.2 Å². The van der Waals surface area contributed by atoms with Gasteiger partial charge in [-0.3, -0.25) is 14.8 Å². The number of nitrogens with zero attached hydrogens (tertiary/aromatic N) is 5. The Bertz CT molecular complexity index is 947. The van der Waals surface area contributed by atoms with Crippen molar-refractivity contribution in [2.24, 2.45) is 7.05 Å². The number of hydrogen-bond acceptors (Lipinski definition) is 7. The predicted molar refractivity (Wildman–Crippen MR) is 89.9 cm³/mol. The molecule has 2 aromatic heterocycles. The van der Waals surface area contributed by atoms with Gasteiger partial charge in [-0.1, -0.05) is 11.6 Å². The van der Waals surface area contributed by atoms with Crippen molar-refractivity contribution < 1.29 is 9.31 Å². The van der Waals surface area contributed by atoms with Crippen LogP contribution in [0, 0.1) is 15.9 Å². The summed E-state index contributed by atoms with van der Waals surface area (Å²) in [5.74, 6) is -0.379. The second-order valence-corrected chi connectivity index (χ2v) is 5.37. The third-order valence-corrected chi connectivity index (χ3v) is 3.40. The van der Waals surface area contributed by atoms with Gasteiger partial charge in [-0.2, -0.15) is 10.1 Å². The molecular formula is C14H11ClFN7O2. The zero-order valence-electron chi connectivity index (χ0n) is 12.8. The molecule has 9 nitrogen and oxygen atoms in total. The molecule has 0 amide bonds. The Balaban J connectivity index is 1.88. The molecule has 11 heteroatoms. The molecule has 2 N–H and O–H groups in total. The van der Waals surface area contributed by atoms with E-state index in [0.717, 1.165) is 18.2 Å². The van der Waals surface area contributed by atoms with Crippen LogP contribution in [0.2, 0.25) is 5.02 Å². The standard InChI is InChI=1S/C14H11ClFN7O2/c1-22-7-8(5-18-22)19-14-17-6-10(15)13(21-14)20-12-4-9(23(24)25)2-3-11(12)16/h2-7H,1H3,(H2,17,19,20,21). The van der Waals surface area contributed by atoms with Gasteiger partial charge in [0.2, 0.25) is 5.95 Å². The normalized spacial score (nSPS) is 10.5. The Morgan fingerprint density at radius 2 is 2.12 bits per heavy atom. The van der Waals surface area contributed by atoms with Crippen LogP contribution in [0.5, 0.6) is 0 Å². The largest absolute Gasteiger partial charge is 0.336 e. The van der Waals surface area contributed by atoms with Gasteiger partial charge in [-0.05, 0) is 6.07 Å². The summed E-state index contributed by atoms with van der Waals surface area (Å²) >= 11 is 6.02. The van der Waals surface area contributed by atoms with E-state index in [4.69, 9.17) is 11.6 Å². The highest BCUT2D eigenvalue weighted by atomic mass is 35.5. The number of halogens is 2. The van der Waals surface area contributed by atoms with Crippen LogP contribution in [0.3, 0.4) is 0 Å². The van der Waals surface area contributed by atoms with E-state index in [1.165, 1.54) is 6.20 Å². The lowest BCUT2D eigenvalue weighted by Crippen LogP contribution is -2.02. The molecule has 0 atom stereocenters. The Morgan fingerprint density at radius 1 is 1.32 bits per heavy atom. The number of nitro benzene ring substituents is 1. The van der Waals surface area contributed by atoms with E-state index in [2.05, 4.69) is 25.7 Å². The number of rotatable bonds is 5. The molecule has 0 aliphatic carbocycles. The summed E-state index contributed by atoms with van der Waals surface area (Å²) in [7, 11) is 1.76. The Kier molecular flexibility index (Phi) is 4.44. The number of nitro groups is 1. The number of hydrogen-bond donors (Lipinski definition) is 2. The van der Waals surface area contributed by atoms with Crippen LogP contribution < -0.4 is 10.6 Å². The fraction of sp³-hybridized carbons (Fsp3) is 0.0714. The minimum atomic E-state index is -0.679. The van der Waals surface area contributed by atoms with E-state index in [0.29, 0.717) is 5.69 Å². The van der Waals surface area contributed by atoms with Crippen LogP contribution in [-0.4, -0.2) is 24.7 Å². The minimum absolute atomic E-state index is 0.0995. The number of nitrogens with one attached hydrogen (secondary N) is 2. The maximum Gasteiger partial charge on any atom is 0.271 e. The number of aryl methyl sites for hydroxylation is 1. The third kappa shape index (κ3) is 3.80. The molecular weight excluding hydrogens is 353 g/mol. The number of non-ortho nitro benzene ring substituents is 1. The minimum Gasteiger partial charge on any atom is -0.336 e. The van der Waals surface area contributed by atoms with Gasteiger partial charge in [0, 0.05) is 25.4 Å². The summed E-state index contributed by atoms with van der Waals surface area (Å²) in [4.78, 5) is 18.4. The lowest BCUT2D eigenvalue weighted by Gasteiger charge is -2.10. The van der Waals surface area contributed by atoms with E-state index in [1.54, 1.807) is 24.1 Å². The van der Waals surface area contributed by atoms with Crippen molar-refractivity contribution in [1.29, 1.82) is 0 Å². The maximum absolute atomic E-state index is 13.9. The lowest BCUT2D eigenvalue weighted by molar-refractivity contribution is -0.384. The molecule has 0 aliphatic heterocycles. The molecule has 0 radical (unpaired) electrons. The van der Waals surface area contributed by atoms with Gasteiger partial charge in [0.1, 0.15) is 10.8 Å². The van der Waals surface area contributed by atoms with Crippen molar-refractivity contribution in [3.63, 3.8) is 0 Å². The molecule has 1 aromatic carbocycles. The molecule has 0 unspecified atom stereocenters. The zero-order valence-corrected chi connectivity index (χ0v) is 13.5. The smallest absolute Gasteiger partial charge is 0.271 e. The summed E-state index contributed by atoms with van der Waals surface area (Å²) in [6.45, 7) is 0. The number of benzene rings is 1. The van der Waals surface area contributed by atoms with Gasteiger partial charge < -0.3 is 10.6 Å². The molecule has 3 rings (SSSR count). The van der Waals surface area contributed by atoms with E-state index < -0.39 is 10.7 Å². The van der Waals surface area contributed by atoms with Crippen molar-refractivity contribution in [1.82, 2.24) is 19.7 Å². The van der Waals surface area contributed by atoms with Crippen molar-refractivity contribution in [3.8, 4) is 0 Å². The summed E-state index contributed by atoms with van der Waals surface area (Å²) in [6, 6.07) is 3.11. The first-order chi connectivity index (χ1) is 11.9. The number of anilines is 4. The van der Waals surface area contributed by atoms with Crippen LogP contribution in [0.15, 0.2) is 36.8 Å². The number of aromatic nitrogens is 4. The second kappa shape index (κ2) is 6.69. The molecule has 0 aliphatic rings. The van der Waals surface area contributed by atoms with Crippen molar-refractivity contribution >= 4 is 40.4 Å². The Labute approximate surface area is 145 Å². The van der Waals surface area contributed by atoms with Gasteiger partial charge in [0.15, 0.2) is 5.82 Å². The van der Waals surface area contributed by atoms with Crippen molar-refractivity contribution in [2.75, 3.05) is 10.6 Å². The summed E-state index contributed by atoms with van der Waals surface area (Å²) in [5, 5.41) is 20.5. The molecule has 128 valence electrons. The van der Waals surface area contributed by atoms with E-state index in [9.17, 15) is 14.5 Å². The molecule has 3 aromatic rings. The highest BCUT2D eigenvalue weighted by Crippen LogP contribution is 2.28. The Hall–Kier alpha value is -3.27. The maximum atomic E-state index is 13.9. The summed E-state index contributed by atoms with van der Waals surface area (Å²) in [5.41, 5.74) is 0.266. The van der Waals surface area contributed by atoms with Gasteiger partial charge in [0.05, 0.1) is 28.7 Å². The average Bonchev–Trinajstić information content (AvgIpc) is 2.97. The van der Waals surface area contributed by atoms with Gasteiger partial charge in [0.25, 0.3) is 5.69 Å². The highest BCUT2D eigenvalue weighted by molar-refractivity contribution is 6.32. The predicted octanol–water partition coefficient (Wildman–Crippen LogP) is 3.40. The first-order valence-electron chi connectivity index (χ1n) is 6.91. The summed E-state index contributed by atoms with van der Waals surface area (Å²) < 4.78 is 15.5. The lowest BCUT2D eigenvalue weighted by atomic mass is 10.2. The monoisotopic (exact) mass is 363 g/mol. The zero-order chi connectivity index (χ0) is 18.0. The van der Waals surface area contributed by atoms with Crippen molar-refractivity contribution in [2.45, 2.75) is 0 Å². The van der Waals surface area contributed by atoms with Crippen LogP contribution in [0.1, 0.15) is 0 Å². The molecule has 0 saturated carbocycles. The third-order valence-electron chi connectivity index (χ3n) is 3.12. The van der Waals surface area contributed by atoms with Gasteiger partial charge in [-0.25, -0.2) is 9.37 Å². The first-order valence-corrected chi connectivity index (χ1v) is 7.29. The summed E-state index contributed by atoms with van der Waals surface area (Å²) in [6.07, 6.45) is 4.61.